The summed E-state index contributed by atoms with van der Waals surface area (Å²) in [6.07, 6.45) is 0. The third kappa shape index (κ3) is 5.77. The molecule has 0 saturated carbocycles. The molecule has 6 rings (SSSR count). The van der Waals surface area contributed by atoms with Gasteiger partial charge >= 0.3 is 0 Å². The van der Waals surface area contributed by atoms with Crippen LogP contribution in [0.2, 0.25) is 10.0 Å². The van der Waals surface area contributed by atoms with Crippen molar-refractivity contribution < 1.29 is 9.59 Å². The molecule has 0 aromatic heterocycles. The largest absolute Gasteiger partial charge is 0.280 e. The monoisotopic (exact) mass is 622 g/mol. The molecule has 2 heterocycles. The van der Waals surface area contributed by atoms with E-state index in [1.807, 2.05) is 48.5 Å². The fourth-order valence-electron chi connectivity index (χ4n) is 4.66. The number of para-hydroxylation sites is 2. The molecular weight excluding hydrogens is 599 g/mol. The van der Waals surface area contributed by atoms with Crippen LogP contribution in [-0.2, 0) is 9.59 Å². The van der Waals surface area contributed by atoms with Gasteiger partial charge < -0.3 is 0 Å². The van der Waals surface area contributed by atoms with E-state index >= 15 is 0 Å². The lowest BCUT2D eigenvalue weighted by Gasteiger charge is -2.12. The van der Waals surface area contributed by atoms with Gasteiger partial charge in [0.15, 0.2) is 12.1 Å². The lowest BCUT2D eigenvalue weighted by Crippen LogP contribution is -2.29. The standard InChI is InChI=1S/C32H24Cl2N8O2/c1-19-29(31(43)41(39-19)23-9-5-3-6-10-23)37-35-27-15-13-21(17-25(27)33)22-14-16-28(26(34)18-22)36-38-30-20(2)40-42(32(30)44)24-11-7-4-8-12-24/h3-18,29-30H,1-2H3/t29-,30-/m1/s1. The molecule has 2 amide bonds. The Hall–Kier alpha value is -5.06. The van der Waals surface area contributed by atoms with E-state index in [1.165, 1.54) is 10.0 Å². The highest BCUT2D eigenvalue weighted by molar-refractivity contribution is 6.34. The average molecular weight is 624 g/mol. The highest BCUT2D eigenvalue weighted by Gasteiger charge is 2.35. The molecule has 10 nitrogen and oxygen atoms in total. The third-order valence-corrected chi connectivity index (χ3v) is 7.59. The van der Waals surface area contributed by atoms with E-state index in [2.05, 4.69) is 30.7 Å². The van der Waals surface area contributed by atoms with E-state index in [0.717, 1.165) is 11.1 Å². The zero-order valence-electron chi connectivity index (χ0n) is 23.5. The first-order chi connectivity index (χ1) is 21.3. The molecule has 218 valence electrons. The van der Waals surface area contributed by atoms with Gasteiger partial charge in [0.2, 0.25) is 0 Å². The van der Waals surface area contributed by atoms with Gasteiger partial charge in [-0.3, -0.25) is 9.59 Å². The predicted octanol–water partition coefficient (Wildman–Crippen LogP) is 8.41. The zero-order chi connectivity index (χ0) is 30.8. The number of benzene rings is 4. The predicted molar refractivity (Wildman–Crippen MR) is 173 cm³/mol. The minimum atomic E-state index is -0.831. The van der Waals surface area contributed by atoms with Crippen LogP contribution in [0.4, 0.5) is 22.7 Å². The lowest BCUT2D eigenvalue weighted by molar-refractivity contribution is -0.118. The second kappa shape index (κ2) is 12.3. The molecule has 0 saturated heterocycles. The Kier molecular flexibility index (Phi) is 8.10. The molecule has 0 spiro atoms. The Morgan fingerprint density at radius 2 is 0.977 bits per heavy atom. The number of carbonyl (C=O) groups excluding carboxylic acids is 2. The summed E-state index contributed by atoms with van der Waals surface area (Å²) in [5.41, 5.74) is 4.80. The van der Waals surface area contributed by atoms with Crippen molar-refractivity contribution in [1.82, 2.24) is 0 Å². The molecule has 0 bridgehead atoms. The summed E-state index contributed by atoms with van der Waals surface area (Å²) in [5.74, 6) is -0.573. The third-order valence-electron chi connectivity index (χ3n) is 6.98. The first-order valence-electron chi connectivity index (χ1n) is 13.6. The van der Waals surface area contributed by atoms with Crippen molar-refractivity contribution in [2.45, 2.75) is 25.9 Å². The van der Waals surface area contributed by atoms with Crippen LogP contribution in [0.1, 0.15) is 13.8 Å². The van der Waals surface area contributed by atoms with Gasteiger partial charge in [-0.25, -0.2) is 0 Å². The van der Waals surface area contributed by atoms with Crippen LogP contribution in [-0.4, -0.2) is 35.3 Å². The zero-order valence-corrected chi connectivity index (χ0v) is 25.1. The number of hydrazone groups is 2. The van der Waals surface area contributed by atoms with Crippen LogP contribution in [0.5, 0.6) is 0 Å². The molecule has 4 aromatic carbocycles. The Labute approximate surface area is 263 Å². The summed E-state index contributed by atoms with van der Waals surface area (Å²) >= 11 is 13.1. The van der Waals surface area contributed by atoms with E-state index < -0.39 is 12.1 Å². The van der Waals surface area contributed by atoms with Crippen molar-refractivity contribution in [1.29, 1.82) is 0 Å². The van der Waals surface area contributed by atoms with Crippen molar-refractivity contribution in [3.63, 3.8) is 0 Å². The molecular formula is C32H24Cl2N8O2. The fourth-order valence-corrected chi connectivity index (χ4v) is 5.10. The number of amides is 2. The van der Waals surface area contributed by atoms with Crippen LogP contribution >= 0.6 is 23.2 Å². The molecule has 4 aromatic rings. The molecule has 0 radical (unpaired) electrons. The van der Waals surface area contributed by atoms with Crippen molar-refractivity contribution in [2.24, 2.45) is 30.7 Å². The van der Waals surface area contributed by atoms with Crippen molar-refractivity contribution in [3.8, 4) is 11.1 Å². The second-order valence-corrected chi connectivity index (χ2v) is 10.8. The summed E-state index contributed by atoms with van der Waals surface area (Å²) in [6, 6.07) is 27.2. The first-order valence-corrected chi connectivity index (χ1v) is 14.3. The summed E-state index contributed by atoms with van der Waals surface area (Å²) < 4.78 is 0. The van der Waals surface area contributed by atoms with Crippen LogP contribution in [0.15, 0.2) is 128 Å². The maximum absolute atomic E-state index is 12.9. The van der Waals surface area contributed by atoms with Gasteiger partial charge in [0, 0.05) is 0 Å². The van der Waals surface area contributed by atoms with Gasteiger partial charge in [-0.2, -0.15) is 40.7 Å². The van der Waals surface area contributed by atoms with Crippen molar-refractivity contribution >= 4 is 69.2 Å². The molecule has 2 atom stereocenters. The number of azo groups is 2. The molecule has 0 fully saturated rings. The molecule has 2 aliphatic rings. The van der Waals surface area contributed by atoms with E-state index in [1.54, 1.807) is 62.4 Å². The van der Waals surface area contributed by atoms with Gasteiger partial charge in [0.1, 0.15) is 11.4 Å². The quantitative estimate of drug-likeness (QED) is 0.192. The Bertz CT molecular complexity index is 1740. The normalized spacial score (nSPS) is 18.5. The van der Waals surface area contributed by atoms with E-state index in [0.29, 0.717) is 44.2 Å². The number of halogens is 2. The topological polar surface area (TPSA) is 115 Å². The minimum absolute atomic E-state index is 0.287. The van der Waals surface area contributed by atoms with Crippen LogP contribution < -0.4 is 10.0 Å². The Morgan fingerprint density at radius 1 is 0.591 bits per heavy atom. The van der Waals surface area contributed by atoms with Crippen molar-refractivity contribution in [2.75, 3.05) is 10.0 Å². The number of hydrogen-bond donors (Lipinski definition) is 0. The van der Waals surface area contributed by atoms with E-state index in [-0.39, 0.29) is 11.8 Å². The number of anilines is 2. The highest BCUT2D eigenvalue weighted by Crippen LogP contribution is 2.35. The average Bonchev–Trinajstić information content (AvgIpc) is 3.49. The molecule has 0 aliphatic carbocycles. The number of nitrogens with zero attached hydrogens (tertiary/aromatic N) is 8. The van der Waals surface area contributed by atoms with E-state index in [4.69, 9.17) is 23.2 Å². The minimum Gasteiger partial charge on any atom is -0.269 e. The van der Waals surface area contributed by atoms with Crippen LogP contribution in [0.3, 0.4) is 0 Å². The number of hydrogen-bond acceptors (Lipinski definition) is 8. The van der Waals surface area contributed by atoms with E-state index in [9.17, 15) is 9.59 Å². The maximum atomic E-state index is 12.9. The van der Waals surface area contributed by atoms with Gasteiger partial charge in [-0.05, 0) is 73.5 Å². The van der Waals surface area contributed by atoms with Gasteiger partial charge in [-0.1, -0.05) is 71.7 Å². The van der Waals surface area contributed by atoms with Crippen LogP contribution in [0.25, 0.3) is 11.1 Å². The molecule has 0 unspecified atom stereocenters. The highest BCUT2D eigenvalue weighted by atomic mass is 35.5. The summed E-state index contributed by atoms with van der Waals surface area (Å²) in [4.78, 5) is 25.8. The van der Waals surface area contributed by atoms with Gasteiger partial charge in [0.25, 0.3) is 11.8 Å². The summed E-state index contributed by atoms with van der Waals surface area (Å²) in [5, 5.41) is 29.0. The molecule has 0 N–H and O–H groups in total. The van der Waals surface area contributed by atoms with Crippen molar-refractivity contribution in [3.05, 3.63) is 107 Å². The lowest BCUT2D eigenvalue weighted by atomic mass is 10.0. The van der Waals surface area contributed by atoms with Gasteiger partial charge in [-0.15, -0.1) is 0 Å². The summed E-state index contributed by atoms with van der Waals surface area (Å²) in [7, 11) is 0. The first kappa shape index (κ1) is 29.0. The Morgan fingerprint density at radius 3 is 1.34 bits per heavy atom. The molecule has 44 heavy (non-hydrogen) atoms. The number of carbonyl (C=O) groups is 2. The maximum Gasteiger partial charge on any atom is 0.280 e. The molecule has 12 heteroatoms. The molecule has 2 aliphatic heterocycles. The SMILES string of the molecule is CC1=NN(c2ccccc2)C(=O)[C@@H]1N=Nc1ccc(-c2ccc(N=N[C@H]3C(=O)N(c4ccccc4)N=C3C)c(Cl)c2)cc1Cl. The Balaban J connectivity index is 1.14. The van der Waals surface area contributed by atoms with Gasteiger partial charge in [0.05, 0.1) is 32.8 Å². The second-order valence-electron chi connectivity index (χ2n) is 10.0. The summed E-state index contributed by atoms with van der Waals surface area (Å²) in [6.45, 7) is 3.48. The van der Waals surface area contributed by atoms with Crippen LogP contribution in [0, 0.1) is 0 Å². The smallest absolute Gasteiger partial charge is 0.269 e. The fraction of sp³-hybridized carbons (Fsp3) is 0.125. The number of rotatable bonds is 7.